The minimum atomic E-state index is -1.49. The van der Waals surface area contributed by atoms with Gasteiger partial charge >= 0.3 is 0 Å². The van der Waals surface area contributed by atoms with Crippen molar-refractivity contribution in [2.45, 2.75) is 50.2 Å². The van der Waals surface area contributed by atoms with Gasteiger partial charge in [-0.25, -0.2) is 0 Å². The highest BCUT2D eigenvalue weighted by Crippen LogP contribution is 2.42. The maximum Gasteiger partial charge on any atom is 0.195 e. The summed E-state index contributed by atoms with van der Waals surface area (Å²) < 4.78 is 2.73. The molecular formula is C17H27NOSSi2. The molecule has 2 atom stereocenters. The second-order valence-electron chi connectivity index (χ2n) is 7.45. The number of hydrogen-bond donors (Lipinski definition) is 1. The van der Waals surface area contributed by atoms with Gasteiger partial charge in [-0.05, 0) is 17.7 Å². The summed E-state index contributed by atoms with van der Waals surface area (Å²) in [6, 6.07) is 12.8. The quantitative estimate of drug-likeness (QED) is 0.479. The Labute approximate surface area is 142 Å². The third-order valence-corrected chi connectivity index (χ3v) is 15.5. The van der Waals surface area contributed by atoms with Crippen LogP contribution < -0.4 is 0 Å². The molecule has 2 rings (SSSR count). The molecule has 5 heteroatoms. The minimum absolute atomic E-state index is 0.0578. The number of thiol groups is 1. The standard InChI is InChI=1S/C17H27NOSSi2/c1-6-15(18-21(2,3)12-13-22(18,4)5)16(17(19)20)14-10-8-7-9-11-14/h6-11,15-16H,1,12-13H2,2-5H3,(H,19,20). The highest BCUT2D eigenvalue weighted by Gasteiger charge is 2.51. The Bertz CT molecular complexity index is 543. The van der Waals surface area contributed by atoms with Gasteiger partial charge in [0.05, 0.1) is 5.92 Å². The molecule has 1 aromatic rings. The average Bonchev–Trinajstić information content (AvgIpc) is 2.66. The van der Waals surface area contributed by atoms with Crippen LogP contribution in [0.1, 0.15) is 11.5 Å². The lowest BCUT2D eigenvalue weighted by Crippen LogP contribution is -2.61. The smallest absolute Gasteiger partial charge is 0.195 e. The van der Waals surface area contributed by atoms with Crippen LogP contribution in [0.15, 0.2) is 43.0 Å². The zero-order chi connectivity index (χ0) is 16.5. The van der Waals surface area contributed by atoms with E-state index in [2.05, 4.69) is 49.6 Å². The fourth-order valence-electron chi connectivity index (χ4n) is 4.02. The molecule has 2 nitrogen and oxygen atoms in total. The molecule has 120 valence electrons. The molecule has 1 aliphatic rings. The lowest BCUT2D eigenvalue weighted by atomic mass is 9.93. The van der Waals surface area contributed by atoms with Crippen LogP contribution >= 0.6 is 12.6 Å². The summed E-state index contributed by atoms with van der Waals surface area (Å²) in [6.07, 6.45) is 1.99. The summed E-state index contributed by atoms with van der Waals surface area (Å²) in [4.78, 5) is 12.3. The number of hydrogen-bond acceptors (Lipinski definition) is 2. The topological polar surface area (TPSA) is 20.3 Å². The van der Waals surface area contributed by atoms with Gasteiger partial charge in [0.2, 0.25) is 0 Å². The van der Waals surface area contributed by atoms with Gasteiger partial charge in [0, 0.05) is 6.04 Å². The molecule has 1 saturated heterocycles. The number of carbonyl (C=O) groups is 1. The molecule has 1 fully saturated rings. The summed E-state index contributed by atoms with van der Waals surface area (Å²) in [5.74, 6) is -0.223. The van der Waals surface area contributed by atoms with Crippen molar-refractivity contribution in [2.24, 2.45) is 0 Å². The van der Waals surface area contributed by atoms with E-state index >= 15 is 0 Å². The Hall–Kier alpha value is -0.626. The minimum Gasteiger partial charge on any atom is -0.339 e. The largest absolute Gasteiger partial charge is 0.339 e. The van der Waals surface area contributed by atoms with E-state index in [0.717, 1.165) is 5.56 Å². The first-order chi connectivity index (χ1) is 10.2. The number of nitrogens with zero attached hydrogens (tertiary/aromatic N) is 1. The molecule has 0 saturated carbocycles. The third kappa shape index (κ3) is 3.32. The zero-order valence-corrected chi connectivity index (χ0v) is 16.9. The fourth-order valence-corrected chi connectivity index (χ4v) is 19.0. The number of rotatable bonds is 5. The first kappa shape index (κ1) is 17.7. The molecule has 1 aromatic carbocycles. The summed E-state index contributed by atoms with van der Waals surface area (Å²) >= 11 is 4.22. The Morgan fingerprint density at radius 1 is 1.18 bits per heavy atom. The zero-order valence-electron chi connectivity index (χ0n) is 14.0. The maximum absolute atomic E-state index is 12.3. The molecule has 0 amide bonds. The van der Waals surface area contributed by atoms with Gasteiger partial charge < -0.3 is 4.23 Å². The molecule has 0 aromatic heterocycles. The molecule has 0 spiro atoms. The van der Waals surface area contributed by atoms with Crippen molar-refractivity contribution in [3.8, 4) is 0 Å². The molecule has 22 heavy (non-hydrogen) atoms. The predicted molar refractivity (Wildman–Crippen MR) is 104 cm³/mol. The Morgan fingerprint density at radius 3 is 2.09 bits per heavy atom. The molecule has 0 bridgehead atoms. The van der Waals surface area contributed by atoms with E-state index in [-0.39, 0.29) is 17.1 Å². The molecule has 0 N–H and O–H groups in total. The molecule has 0 radical (unpaired) electrons. The molecule has 2 unspecified atom stereocenters. The van der Waals surface area contributed by atoms with E-state index < -0.39 is 16.5 Å². The van der Waals surface area contributed by atoms with Crippen LogP contribution in [0.4, 0.5) is 0 Å². The molecular weight excluding hydrogens is 322 g/mol. The van der Waals surface area contributed by atoms with Crippen molar-refractivity contribution in [2.75, 3.05) is 0 Å². The van der Waals surface area contributed by atoms with Crippen LogP contribution in [0.2, 0.25) is 38.3 Å². The first-order valence-electron chi connectivity index (χ1n) is 7.90. The van der Waals surface area contributed by atoms with Crippen molar-refractivity contribution < 1.29 is 4.79 Å². The van der Waals surface area contributed by atoms with E-state index in [9.17, 15) is 4.79 Å². The lowest BCUT2D eigenvalue weighted by molar-refractivity contribution is -0.112. The summed E-state index contributed by atoms with van der Waals surface area (Å²) in [5.41, 5.74) is 1.05. The SMILES string of the molecule is C=CC(C(C(=O)S)c1ccccc1)N1[Si](C)(C)CC[Si]1(C)C. The van der Waals surface area contributed by atoms with Gasteiger partial charge in [-0.15, -0.1) is 19.2 Å². The van der Waals surface area contributed by atoms with Crippen LogP contribution in [-0.2, 0) is 4.79 Å². The van der Waals surface area contributed by atoms with Gasteiger partial charge in [0.15, 0.2) is 5.12 Å². The highest BCUT2D eigenvalue weighted by molar-refractivity contribution is 7.96. The van der Waals surface area contributed by atoms with Crippen LogP contribution in [0, 0.1) is 0 Å². The van der Waals surface area contributed by atoms with Gasteiger partial charge in [-0.1, -0.05) is 62.6 Å². The molecule has 0 aliphatic carbocycles. The van der Waals surface area contributed by atoms with Crippen molar-refractivity contribution in [1.82, 2.24) is 4.23 Å². The monoisotopic (exact) mass is 349 g/mol. The van der Waals surface area contributed by atoms with E-state index in [4.69, 9.17) is 0 Å². The van der Waals surface area contributed by atoms with Crippen LogP contribution in [0.5, 0.6) is 0 Å². The summed E-state index contributed by atoms with van der Waals surface area (Å²) in [5, 5.41) is -0.0578. The second-order valence-corrected chi connectivity index (χ2v) is 17.5. The first-order valence-corrected chi connectivity index (χ1v) is 14.7. The number of carbonyl (C=O) groups excluding carboxylic acids is 1. The van der Waals surface area contributed by atoms with Crippen LogP contribution in [-0.4, -0.2) is 31.9 Å². The summed E-state index contributed by atoms with van der Waals surface area (Å²) in [7, 11) is -2.99. The molecule has 1 heterocycles. The van der Waals surface area contributed by atoms with Crippen molar-refractivity contribution >= 4 is 34.2 Å². The Morgan fingerprint density at radius 2 is 1.68 bits per heavy atom. The van der Waals surface area contributed by atoms with Gasteiger partial charge in [-0.2, -0.15) is 0 Å². The predicted octanol–water partition coefficient (Wildman–Crippen LogP) is 4.51. The van der Waals surface area contributed by atoms with E-state index in [1.165, 1.54) is 12.1 Å². The Balaban J connectivity index is 2.48. The second kappa shape index (κ2) is 6.47. The average molecular weight is 350 g/mol. The fraction of sp³-hybridized carbons (Fsp3) is 0.471. The van der Waals surface area contributed by atoms with Gasteiger partial charge in [-0.3, -0.25) is 4.79 Å². The van der Waals surface area contributed by atoms with E-state index in [1.54, 1.807) is 0 Å². The van der Waals surface area contributed by atoms with E-state index in [0.29, 0.717) is 0 Å². The van der Waals surface area contributed by atoms with E-state index in [1.807, 2.05) is 36.4 Å². The van der Waals surface area contributed by atoms with Crippen molar-refractivity contribution in [3.63, 3.8) is 0 Å². The lowest BCUT2D eigenvalue weighted by Gasteiger charge is -2.46. The number of benzene rings is 1. The van der Waals surface area contributed by atoms with Gasteiger partial charge in [0.25, 0.3) is 0 Å². The molecule has 1 aliphatic heterocycles. The van der Waals surface area contributed by atoms with Crippen LogP contribution in [0.3, 0.4) is 0 Å². The third-order valence-electron chi connectivity index (χ3n) is 4.96. The maximum atomic E-state index is 12.3. The summed E-state index contributed by atoms with van der Waals surface area (Å²) in [6.45, 7) is 13.8. The Kier molecular flexibility index (Phi) is 5.21. The van der Waals surface area contributed by atoms with Crippen LogP contribution in [0.25, 0.3) is 0 Å². The normalized spacial score (nSPS) is 23.0. The highest BCUT2D eigenvalue weighted by atomic mass is 32.1. The van der Waals surface area contributed by atoms with Crippen molar-refractivity contribution in [3.05, 3.63) is 48.6 Å². The van der Waals surface area contributed by atoms with Gasteiger partial charge in [0.1, 0.15) is 16.5 Å². The van der Waals surface area contributed by atoms with Crippen molar-refractivity contribution in [1.29, 1.82) is 0 Å².